The van der Waals surface area contributed by atoms with E-state index in [2.05, 4.69) is 4.99 Å². The van der Waals surface area contributed by atoms with Crippen LogP contribution >= 0.6 is 11.3 Å². The molecule has 1 aromatic heterocycles. The Bertz CT molecular complexity index is 1570. The number of para-hydroxylation sites is 1. The van der Waals surface area contributed by atoms with Crippen LogP contribution in [0.1, 0.15) is 31.0 Å². The molecule has 1 aliphatic rings. The number of methoxy groups -OCH3 is 3. The van der Waals surface area contributed by atoms with E-state index in [0.717, 1.165) is 0 Å². The highest BCUT2D eigenvalue weighted by Crippen LogP contribution is 2.36. The number of ether oxygens (including phenoxy) is 4. The molecule has 0 unspecified atom stereocenters. The zero-order valence-corrected chi connectivity index (χ0v) is 21.2. The van der Waals surface area contributed by atoms with Crippen molar-refractivity contribution in [2.24, 2.45) is 4.99 Å². The number of fused-ring (bicyclic) bond motifs is 1. The Morgan fingerprint density at radius 2 is 1.75 bits per heavy atom. The van der Waals surface area contributed by atoms with E-state index in [1.54, 1.807) is 55.5 Å². The third kappa shape index (κ3) is 4.55. The minimum atomic E-state index is -0.806. The van der Waals surface area contributed by atoms with Gasteiger partial charge in [0.2, 0.25) is 0 Å². The molecule has 3 aromatic rings. The predicted octanol–water partition coefficient (Wildman–Crippen LogP) is 2.35. The Labute approximate surface area is 210 Å². The van der Waals surface area contributed by atoms with Gasteiger partial charge in [-0.1, -0.05) is 35.6 Å². The van der Waals surface area contributed by atoms with Crippen molar-refractivity contribution in [3.05, 3.63) is 84.5 Å². The Morgan fingerprint density at radius 3 is 2.42 bits per heavy atom. The van der Waals surface area contributed by atoms with Crippen LogP contribution in [-0.2, 0) is 14.3 Å². The Hall–Kier alpha value is -4.18. The third-order valence-corrected chi connectivity index (χ3v) is 6.59. The fourth-order valence-electron chi connectivity index (χ4n) is 4.02. The summed E-state index contributed by atoms with van der Waals surface area (Å²) in [6, 6.07) is 11.3. The summed E-state index contributed by atoms with van der Waals surface area (Å²) in [6.07, 6.45) is 1.64. The molecule has 1 atom stereocenters. The molecule has 0 amide bonds. The number of hydrogen-bond acceptors (Lipinski definition) is 9. The lowest BCUT2D eigenvalue weighted by atomic mass is 9.95. The van der Waals surface area contributed by atoms with Crippen molar-refractivity contribution in [2.75, 3.05) is 21.3 Å². The second-order valence-corrected chi connectivity index (χ2v) is 8.83. The van der Waals surface area contributed by atoms with Gasteiger partial charge in [-0.05, 0) is 36.8 Å². The van der Waals surface area contributed by atoms with E-state index < -0.39 is 18.0 Å². The van der Waals surface area contributed by atoms with Gasteiger partial charge in [-0.15, -0.1) is 0 Å². The molecule has 4 rings (SSSR count). The molecule has 0 spiro atoms. The molecule has 2 aromatic carbocycles. The van der Waals surface area contributed by atoms with Crippen LogP contribution in [0.3, 0.4) is 0 Å². The third-order valence-electron chi connectivity index (χ3n) is 5.61. The van der Waals surface area contributed by atoms with Gasteiger partial charge in [-0.25, -0.2) is 9.79 Å². The van der Waals surface area contributed by atoms with E-state index in [1.165, 1.54) is 44.2 Å². The lowest BCUT2D eigenvalue weighted by Crippen LogP contribution is -2.39. The summed E-state index contributed by atoms with van der Waals surface area (Å²) in [7, 11) is 4.32. The summed E-state index contributed by atoms with van der Waals surface area (Å²) in [5.74, 6) is 0.232. The molecule has 186 valence electrons. The maximum Gasteiger partial charge on any atom is 0.338 e. The SMILES string of the molecule is COC(=O)C1=C(C)N=c2s/c(=C/c3ccccc3OC(C)=O)c(=O)n2[C@@H]1c1ccc(OC)c(OC)c1. The average Bonchev–Trinajstić information content (AvgIpc) is 3.17. The maximum absolute atomic E-state index is 13.7. The fraction of sp³-hybridized carbons (Fsp3) is 0.231. The van der Waals surface area contributed by atoms with Gasteiger partial charge in [0, 0.05) is 12.5 Å². The van der Waals surface area contributed by atoms with Crippen LogP contribution in [0.15, 0.2) is 63.5 Å². The molecule has 0 bridgehead atoms. The molecule has 0 fully saturated rings. The van der Waals surface area contributed by atoms with Gasteiger partial charge in [0.25, 0.3) is 5.56 Å². The van der Waals surface area contributed by atoms with E-state index >= 15 is 0 Å². The number of rotatable bonds is 6. The predicted molar refractivity (Wildman–Crippen MR) is 133 cm³/mol. The number of carbonyl (C=O) groups excluding carboxylic acids is 2. The highest BCUT2D eigenvalue weighted by atomic mass is 32.1. The summed E-state index contributed by atoms with van der Waals surface area (Å²) < 4.78 is 22.9. The Kier molecular flexibility index (Phi) is 7.07. The minimum absolute atomic E-state index is 0.240. The molecular formula is C26H24N2O7S. The highest BCUT2D eigenvalue weighted by Gasteiger charge is 2.33. The minimum Gasteiger partial charge on any atom is -0.493 e. The van der Waals surface area contributed by atoms with Crippen molar-refractivity contribution in [3.8, 4) is 17.2 Å². The van der Waals surface area contributed by atoms with Crippen LogP contribution in [0, 0.1) is 0 Å². The Balaban J connectivity index is 1.97. The van der Waals surface area contributed by atoms with Crippen LogP contribution in [0.4, 0.5) is 0 Å². The first kappa shape index (κ1) is 24.9. The molecule has 1 aliphatic heterocycles. The van der Waals surface area contributed by atoms with Gasteiger partial charge < -0.3 is 18.9 Å². The number of esters is 2. The van der Waals surface area contributed by atoms with E-state index in [-0.39, 0.29) is 11.1 Å². The molecule has 10 heteroatoms. The van der Waals surface area contributed by atoms with Crippen molar-refractivity contribution in [1.29, 1.82) is 0 Å². The van der Waals surface area contributed by atoms with Gasteiger partial charge in [-0.3, -0.25) is 14.2 Å². The number of aromatic nitrogens is 1. The molecule has 36 heavy (non-hydrogen) atoms. The zero-order chi connectivity index (χ0) is 26.0. The number of hydrogen-bond donors (Lipinski definition) is 0. The van der Waals surface area contributed by atoms with Crippen LogP contribution in [0.2, 0.25) is 0 Å². The second-order valence-electron chi connectivity index (χ2n) is 7.82. The van der Waals surface area contributed by atoms with Gasteiger partial charge >= 0.3 is 11.9 Å². The quantitative estimate of drug-likeness (QED) is 0.372. The molecule has 0 saturated heterocycles. The topological polar surface area (TPSA) is 105 Å². The van der Waals surface area contributed by atoms with Crippen molar-refractivity contribution in [3.63, 3.8) is 0 Å². The lowest BCUT2D eigenvalue weighted by molar-refractivity contribution is -0.136. The summed E-state index contributed by atoms with van der Waals surface area (Å²) in [5.41, 5.74) is 1.50. The number of carbonyl (C=O) groups is 2. The smallest absolute Gasteiger partial charge is 0.338 e. The van der Waals surface area contributed by atoms with Gasteiger partial charge in [0.15, 0.2) is 16.3 Å². The number of benzene rings is 2. The van der Waals surface area contributed by atoms with Gasteiger partial charge in [-0.2, -0.15) is 0 Å². The largest absolute Gasteiger partial charge is 0.493 e. The molecule has 2 heterocycles. The molecule has 0 radical (unpaired) electrons. The number of thiazole rings is 1. The first-order chi connectivity index (χ1) is 17.3. The summed E-state index contributed by atoms with van der Waals surface area (Å²) >= 11 is 1.17. The van der Waals surface area contributed by atoms with Crippen LogP contribution in [0.25, 0.3) is 6.08 Å². The van der Waals surface area contributed by atoms with Gasteiger partial charge in [0.05, 0.1) is 43.2 Å². The van der Waals surface area contributed by atoms with E-state index in [4.69, 9.17) is 18.9 Å². The molecule has 0 aliphatic carbocycles. The van der Waals surface area contributed by atoms with Gasteiger partial charge in [0.1, 0.15) is 5.75 Å². The molecule has 0 saturated carbocycles. The standard InChI is InChI=1S/C26H24N2O7S/c1-14-22(25(31)34-5)23(17-10-11-19(32-3)20(12-17)33-4)28-24(30)21(36-26(28)27-14)13-16-8-6-7-9-18(16)35-15(2)29/h6-13,23H,1-5H3/b21-13+/t23-/m1/s1. The first-order valence-electron chi connectivity index (χ1n) is 10.9. The number of allylic oxidation sites excluding steroid dienone is 1. The molecular weight excluding hydrogens is 484 g/mol. The zero-order valence-electron chi connectivity index (χ0n) is 20.4. The molecule has 0 N–H and O–H groups in total. The van der Waals surface area contributed by atoms with Crippen molar-refractivity contribution in [1.82, 2.24) is 4.57 Å². The lowest BCUT2D eigenvalue weighted by Gasteiger charge is -2.25. The van der Waals surface area contributed by atoms with Crippen LogP contribution in [0.5, 0.6) is 17.2 Å². The van der Waals surface area contributed by atoms with Crippen molar-refractivity contribution in [2.45, 2.75) is 19.9 Å². The van der Waals surface area contributed by atoms with Crippen molar-refractivity contribution >= 4 is 29.4 Å². The maximum atomic E-state index is 13.7. The number of nitrogens with zero attached hydrogens (tertiary/aromatic N) is 2. The van der Waals surface area contributed by atoms with E-state index in [9.17, 15) is 14.4 Å². The highest BCUT2D eigenvalue weighted by molar-refractivity contribution is 7.07. The molecule has 9 nitrogen and oxygen atoms in total. The Morgan fingerprint density at radius 1 is 1.03 bits per heavy atom. The fourth-order valence-corrected chi connectivity index (χ4v) is 5.06. The normalized spacial score (nSPS) is 15.1. The summed E-state index contributed by atoms with van der Waals surface area (Å²) in [4.78, 5) is 43.0. The first-order valence-corrected chi connectivity index (χ1v) is 11.7. The summed E-state index contributed by atoms with van der Waals surface area (Å²) in [5, 5.41) is 0. The second kappa shape index (κ2) is 10.2. The van der Waals surface area contributed by atoms with E-state index in [1.807, 2.05) is 0 Å². The summed E-state index contributed by atoms with van der Waals surface area (Å²) in [6.45, 7) is 3.01. The van der Waals surface area contributed by atoms with Crippen molar-refractivity contribution < 1.29 is 28.5 Å². The van der Waals surface area contributed by atoms with E-state index in [0.29, 0.717) is 43.4 Å². The monoisotopic (exact) mass is 508 g/mol. The average molecular weight is 509 g/mol. The van der Waals surface area contributed by atoms with Crippen LogP contribution in [-0.4, -0.2) is 37.8 Å². The van der Waals surface area contributed by atoms with Crippen LogP contribution < -0.4 is 29.1 Å².